The van der Waals surface area contributed by atoms with Crippen molar-refractivity contribution in [2.45, 2.75) is 27.2 Å². The first-order chi connectivity index (χ1) is 6.96. The van der Waals surface area contributed by atoms with Crippen LogP contribution >= 0.6 is 11.6 Å². The molecule has 1 N–H and O–H groups in total. The van der Waals surface area contributed by atoms with Gasteiger partial charge in [0.2, 0.25) is 0 Å². The van der Waals surface area contributed by atoms with Crippen LogP contribution in [0.1, 0.15) is 26.3 Å². The molecule has 2 heterocycles. The fourth-order valence-corrected chi connectivity index (χ4v) is 1.91. The van der Waals surface area contributed by atoms with E-state index in [0.29, 0.717) is 5.02 Å². The Bertz CT molecular complexity index is 480. The molecule has 2 aromatic heterocycles. The van der Waals surface area contributed by atoms with Gasteiger partial charge < -0.3 is 4.98 Å². The van der Waals surface area contributed by atoms with Crippen molar-refractivity contribution in [2.75, 3.05) is 0 Å². The molecule has 2 nitrogen and oxygen atoms in total. The van der Waals surface area contributed by atoms with Gasteiger partial charge in [-0.1, -0.05) is 32.4 Å². The van der Waals surface area contributed by atoms with Gasteiger partial charge in [-0.15, -0.1) is 0 Å². The van der Waals surface area contributed by atoms with Gasteiger partial charge in [0.15, 0.2) is 0 Å². The van der Waals surface area contributed by atoms with Gasteiger partial charge in [0.1, 0.15) is 5.65 Å². The van der Waals surface area contributed by atoms with Gasteiger partial charge >= 0.3 is 0 Å². The van der Waals surface area contributed by atoms with Crippen LogP contribution in [0.5, 0.6) is 0 Å². The van der Waals surface area contributed by atoms with Crippen molar-refractivity contribution in [1.82, 2.24) is 9.97 Å². The Balaban J connectivity index is 2.48. The molecular weight excluding hydrogens is 208 g/mol. The van der Waals surface area contributed by atoms with Crippen LogP contribution in [0.2, 0.25) is 5.02 Å². The van der Waals surface area contributed by atoms with E-state index in [-0.39, 0.29) is 5.41 Å². The summed E-state index contributed by atoms with van der Waals surface area (Å²) in [6.07, 6.45) is 4.72. The molecule has 0 aliphatic rings. The first-order valence-electron chi connectivity index (χ1n) is 5.07. The van der Waals surface area contributed by atoms with Crippen LogP contribution in [0.15, 0.2) is 18.5 Å². The van der Waals surface area contributed by atoms with Crippen LogP contribution in [-0.4, -0.2) is 9.97 Å². The van der Waals surface area contributed by atoms with E-state index in [0.717, 1.165) is 17.5 Å². The monoisotopic (exact) mass is 222 g/mol. The molecule has 15 heavy (non-hydrogen) atoms. The minimum Gasteiger partial charge on any atom is -0.346 e. The standard InChI is InChI=1S/C12H15ClN2/c1-12(2,3)5-8-6-14-11-10(8)4-9(13)7-15-11/h4,6-7H,5H2,1-3H3,(H,14,15). The largest absolute Gasteiger partial charge is 0.346 e. The lowest BCUT2D eigenvalue weighted by Crippen LogP contribution is -2.08. The topological polar surface area (TPSA) is 28.7 Å². The van der Waals surface area contributed by atoms with Crippen LogP contribution in [0, 0.1) is 5.41 Å². The maximum atomic E-state index is 5.94. The van der Waals surface area contributed by atoms with Crippen molar-refractivity contribution in [2.24, 2.45) is 5.41 Å². The van der Waals surface area contributed by atoms with E-state index in [1.54, 1.807) is 6.20 Å². The van der Waals surface area contributed by atoms with Crippen molar-refractivity contribution in [1.29, 1.82) is 0 Å². The van der Waals surface area contributed by atoms with Crippen molar-refractivity contribution in [3.63, 3.8) is 0 Å². The molecule has 0 bridgehead atoms. The zero-order valence-corrected chi connectivity index (χ0v) is 10.0. The van der Waals surface area contributed by atoms with Gasteiger partial charge in [-0.2, -0.15) is 0 Å². The summed E-state index contributed by atoms with van der Waals surface area (Å²) in [6.45, 7) is 6.68. The van der Waals surface area contributed by atoms with Gasteiger partial charge in [-0.25, -0.2) is 4.98 Å². The SMILES string of the molecule is CC(C)(C)Cc1c[nH]c2ncc(Cl)cc12. The van der Waals surface area contributed by atoms with Crippen molar-refractivity contribution in [3.8, 4) is 0 Å². The molecule has 0 aromatic carbocycles. The van der Waals surface area contributed by atoms with Gasteiger partial charge in [0.25, 0.3) is 0 Å². The third-order valence-corrected chi connectivity index (χ3v) is 2.51. The third-order valence-electron chi connectivity index (χ3n) is 2.30. The number of nitrogens with zero attached hydrogens (tertiary/aromatic N) is 1. The number of aromatic amines is 1. The summed E-state index contributed by atoms with van der Waals surface area (Å²) in [5, 5.41) is 1.83. The lowest BCUT2D eigenvalue weighted by atomic mass is 9.88. The fourth-order valence-electron chi connectivity index (χ4n) is 1.75. The van der Waals surface area contributed by atoms with E-state index in [9.17, 15) is 0 Å². The van der Waals surface area contributed by atoms with Crippen LogP contribution < -0.4 is 0 Å². The lowest BCUT2D eigenvalue weighted by Gasteiger charge is -2.17. The number of pyridine rings is 1. The molecule has 0 unspecified atom stereocenters. The number of rotatable bonds is 1. The second-order valence-corrected chi connectivity index (χ2v) is 5.54. The highest BCUT2D eigenvalue weighted by Gasteiger charge is 2.14. The Morgan fingerprint density at radius 2 is 2.13 bits per heavy atom. The van der Waals surface area contributed by atoms with E-state index < -0.39 is 0 Å². The predicted molar refractivity (Wildman–Crippen MR) is 64.3 cm³/mol. The smallest absolute Gasteiger partial charge is 0.137 e. The highest BCUT2D eigenvalue weighted by Crippen LogP contribution is 2.27. The van der Waals surface area contributed by atoms with E-state index in [4.69, 9.17) is 11.6 Å². The summed E-state index contributed by atoms with van der Waals surface area (Å²) in [5.74, 6) is 0. The summed E-state index contributed by atoms with van der Waals surface area (Å²) >= 11 is 5.94. The van der Waals surface area contributed by atoms with Crippen molar-refractivity contribution < 1.29 is 0 Å². The minimum atomic E-state index is 0.275. The second-order valence-electron chi connectivity index (χ2n) is 5.10. The van der Waals surface area contributed by atoms with Crippen LogP contribution in [-0.2, 0) is 6.42 Å². The fraction of sp³-hybridized carbons (Fsp3) is 0.417. The number of nitrogens with one attached hydrogen (secondary N) is 1. The number of hydrogen-bond acceptors (Lipinski definition) is 1. The summed E-state index contributed by atoms with van der Waals surface area (Å²) in [5.41, 5.74) is 2.48. The van der Waals surface area contributed by atoms with Crippen LogP contribution in [0.3, 0.4) is 0 Å². The molecular formula is C12H15ClN2. The third kappa shape index (κ3) is 2.32. The molecule has 0 amide bonds. The Hall–Kier alpha value is -1.02. The normalized spacial score (nSPS) is 12.3. The van der Waals surface area contributed by atoms with Gasteiger partial charge in [0.05, 0.1) is 5.02 Å². The summed E-state index contributed by atoms with van der Waals surface area (Å²) in [7, 11) is 0. The molecule has 0 fully saturated rings. The zero-order chi connectivity index (χ0) is 11.1. The number of H-pyrrole nitrogens is 1. The lowest BCUT2D eigenvalue weighted by molar-refractivity contribution is 0.412. The van der Waals surface area contributed by atoms with E-state index in [1.165, 1.54) is 5.56 Å². The van der Waals surface area contributed by atoms with Gasteiger partial charge in [-0.05, 0) is 23.5 Å². The van der Waals surface area contributed by atoms with E-state index in [1.807, 2.05) is 12.3 Å². The number of fused-ring (bicyclic) bond motifs is 1. The van der Waals surface area contributed by atoms with Crippen LogP contribution in [0.25, 0.3) is 11.0 Å². The summed E-state index contributed by atoms with van der Waals surface area (Å²) in [4.78, 5) is 7.41. The van der Waals surface area contributed by atoms with E-state index in [2.05, 4.69) is 30.7 Å². The molecule has 80 valence electrons. The van der Waals surface area contributed by atoms with Crippen molar-refractivity contribution >= 4 is 22.6 Å². The molecule has 3 heteroatoms. The maximum Gasteiger partial charge on any atom is 0.137 e. The molecule has 2 aromatic rings. The maximum absolute atomic E-state index is 5.94. The number of hydrogen-bond donors (Lipinski definition) is 1. The summed E-state index contributed by atoms with van der Waals surface area (Å²) < 4.78 is 0. The average molecular weight is 223 g/mol. The molecule has 0 saturated heterocycles. The first-order valence-corrected chi connectivity index (χ1v) is 5.45. The highest BCUT2D eigenvalue weighted by atomic mass is 35.5. The zero-order valence-electron chi connectivity index (χ0n) is 9.26. The summed E-state index contributed by atoms with van der Waals surface area (Å²) in [6, 6.07) is 1.97. The second kappa shape index (κ2) is 3.53. The predicted octanol–water partition coefficient (Wildman–Crippen LogP) is 3.80. The van der Waals surface area contributed by atoms with Crippen molar-refractivity contribution in [3.05, 3.63) is 29.0 Å². The molecule has 0 aliphatic heterocycles. The molecule has 2 rings (SSSR count). The Labute approximate surface area is 94.7 Å². The highest BCUT2D eigenvalue weighted by molar-refractivity contribution is 6.31. The Morgan fingerprint density at radius 1 is 1.40 bits per heavy atom. The molecule has 0 radical (unpaired) electrons. The Kier molecular flexibility index (Phi) is 2.47. The number of halogens is 1. The quantitative estimate of drug-likeness (QED) is 0.781. The molecule has 0 aliphatic carbocycles. The minimum absolute atomic E-state index is 0.275. The molecule has 0 spiro atoms. The molecule has 0 saturated carbocycles. The van der Waals surface area contributed by atoms with Crippen LogP contribution in [0.4, 0.5) is 0 Å². The van der Waals surface area contributed by atoms with Gasteiger partial charge in [-0.3, -0.25) is 0 Å². The first kappa shape index (κ1) is 10.5. The van der Waals surface area contributed by atoms with Gasteiger partial charge in [0, 0.05) is 17.8 Å². The average Bonchev–Trinajstić information content (AvgIpc) is 2.46. The number of aromatic nitrogens is 2. The van der Waals surface area contributed by atoms with E-state index >= 15 is 0 Å². The Morgan fingerprint density at radius 3 is 2.80 bits per heavy atom. The molecule has 0 atom stereocenters.